The first-order chi connectivity index (χ1) is 8.63. The molecule has 0 aromatic heterocycles. The molecular weight excluding hydrogens is 289 g/mol. The molecule has 0 saturated heterocycles. The van der Waals surface area contributed by atoms with Crippen LogP contribution in [-0.2, 0) is 14.6 Å². The highest BCUT2D eigenvalue weighted by Crippen LogP contribution is 2.39. The summed E-state index contributed by atoms with van der Waals surface area (Å²) in [7, 11) is -5.54. The molecule has 0 atom stereocenters. The fourth-order valence-electron chi connectivity index (χ4n) is 1.49. The molecule has 1 aliphatic heterocycles. The third-order valence-corrected chi connectivity index (χ3v) is 3.79. The van der Waals surface area contributed by atoms with E-state index >= 15 is 0 Å². The largest absolute Gasteiger partial charge is 0.501 e. The zero-order valence-corrected chi connectivity index (χ0v) is 9.93. The second kappa shape index (κ2) is 4.02. The number of nitrogens with one attached hydrogen (secondary N) is 1. The predicted molar refractivity (Wildman–Crippen MR) is 58.2 cm³/mol. The summed E-state index contributed by atoms with van der Waals surface area (Å²) in [6.07, 6.45) is 0. The number of anilines is 2. The molecule has 6 nitrogen and oxygen atoms in total. The highest BCUT2D eigenvalue weighted by Gasteiger charge is 2.47. The molecule has 1 aromatic carbocycles. The van der Waals surface area contributed by atoms with Crippen LogP contribution in [0.5, 0.6) is 5.75 Å². The lowest BCUT2D eigenvalue weighted by Crippen LogP contribution is -2.27. The number of rotatable bonds is 1. The monoisotopic (exact) mass is 296 g/mol. The van der Waals surface area contributed by atoms with Crippen LogP contribution in [0.25, 0.3) is 0 Å². The molecule has 1 aliphatic rings. The van der Waals surface area contributed by atoms with Crippen molar-refractivity contribution in [2.45, 2.75) is 10.4 Å². The van der Waals surface area contributed by atoms with Gasteiger partial charge in [-0.3, -0.25) is 4.79 Å². The Balaban J connectivity index is 2.60. The van der Waals surface area contributed by atoms with Crippen LogP contribution >= 0.6 is 0 Å². The third-order valence-electron chi connectivity index (χ3n) is 2.33. The van der Waals surface area contributed by atoms with Gasteiger partial charge in [-0.1, -0.05) is 0 Å². The average Bonchev–Trinajstić information content (AvgIpc) is 2.26. The van der Waals surface area contributed by atoms with E-state index in [0.29, 0.717) is 12.1 Å². The minimum Gasteiger partial charge on any atom is -0.479 e. The first kappa shape index (κ1) is 13.5. The molecule has 1 heterocycles. The van der Waals surface area contributed by atoms with Crippen LogP contribution in [0.4, 0.5) is 24.5 Å². The molecule has 0 fully saturated rings. The van der Waals surface area contributed by atoms with Gasteiger partial charge in [0.25, 0.3) is 15.7 Å². The van der Waals surface area contributed by atoms with Crippen molar-refractivity contribution in [1.29, 1.82) is 0 Å². The van der Waals surface area contributed by atoms with Crippen molar-refractivity contribution >= 4 is 27.1 Å². The van der Waals surface area contributed by atoms with Crippen LogP contribution in [0.3, 0.4) is 0 Å². The summed E-state index contributed by atoms with van der Waals surface area (Å²) in [4.78, 5) is 9.99. The van der Waals surface area contributed by atoms with Crippen molar-refractivity contribution in [2.24, 2.45) is 0 Å². The molecule has 0 aliphatic carbocycles. The molecule has 0 saturated carbocycles. The van der Waals surface area contributed by atoms with Crippen molar-refractivity contribution in [2.75, 3.05) is 17.7 Å². The summed E-state index contributed by atoms with van der Waals surface area (Å²) < 4.78 is 64.6. The molecule has 1 amide bonds. The number of fused-ring (bicyclic) bond motifs is 1. The minimum atomic E-state index is -5.54. The van der Waals surface area contributed by atoms with E-state index in [4.69, 9.17) is 10.5 Å². The van der Waals surface area contributed by atoms with Gasteiger partial charge in [0.05, 0.1) is 16.3 Å². The summed E-state index contributed by atoms with van der Waals surface area (Å²) in [5, 5.41) is 2.19. The number of benzene rings is 1. The van der Waals surface area contributed by atoms with E-state index in [1.165, 1.54) is 0 Å². The van der Waals surface area contributed by atoms with Crippen LogP contribution < -0.4 is 15.8 Å². The Bertz CT molecular complexity index is 654. The Kier molecular flexibility index (Phi) is 2.84. The third kappa shape index (κ3) is 2.18. The summed E-state index contributed by atoms with van der Waals surface area (Å²) in [5.41, 5.74) is -0.546. The number of amides is 1. The van der Waals surface area contributed by atoms with Gasteiger partial charge in [0.15, 0.2) is 12.4 Å². The molecule has 0 bridgehead atoms. The Morgan fingerprint density at radius 3 is 2.53 bits per heavy atom. The second-order valence-corrected chi connectivity index (χ2v) is 5.62. The molecule has 3 N–H and O–H groups in total. The van der Waals surface area contributed by atoms with Crippen molar-refractivity contribution < 1.29 is 31.1 Å². The minimum absolute atomic E-state index is 0.0549. The van der Waals surface area contributed by atoms with Gasteiger partial charge >= 0.3 is 5.51 Å². The van der Waals surface area contributed by atoms with E-state index in [-0.39, 0.29) is 23.7 Å². The first-order valence-corrected chi connectivity index (χ1v) is 6.29. The van der Waals surface area contributed by atoms with Gasteiger partial charge in [0.1, 0.15) is 0 Å². The maximum absolute atomic E-state index is 12.4. The molecule has 2 rings (SSSR count). The lowest BCUT2D eigenvalue weighted by Gasteiger charge is -2.20. The lowest BCUT2D eigenvalue weighted by atomic mass is 10.2. The van der Waals surface area contributed by atoms with Crippen molar-refractivity contribution in [3.8, 4) is 5.75 Å². The van der Waals surface area contributed by atoms with E-state index in [1.807, 2.05) is 0 Å². The quantitative estimate of drug-likeness (QED) is 0.750. The van der Waals surface area contributed by atoms with Crippen LogP contribution in [0, 0.1) is 0 Å². The summed E-state index contributed by atoms with van der Waals surface area (Å²) in [6.45, 7) is -0.345. The van der Waals surface area contributed by atoms with Crippen LogP contribution in [0.1, 0.15) is 0 Å². The number of carbonyl (C=O) groups is 1. The number of alkyl halides is 3. The number of ether oxygens (including phenoxy) is 1. The molecule has 0 spiro atoms. The summed E-state index contributed by atoms with van der Waals surface area (Å²) >= 11 is 0. The zero-order valence-electron chi connectivity index (χ0n) is 9.11. The highest BCUT2D eigenvalue weighted by molar-refractivity contribution is 7.92. The summed E-state index contributed by atoms with van der Waals surface area (Å²) in [6, 6.07) is 1.30. The number of sulfone groups is 1. The number of nitrogen functional groups attached to an aromatic ring is 1. The van der Waals surface area contributed by atoms with Gasteiger partial charge in [0, 0.05) is 0 Å². The van der Waals surface area contributed by atoms with E-state index in [0.717, 1.165) is 0 Å². The fraction of sp³-hybridized carbons (Fsp3) is 0.222. The van der Waals surface area contributed by atoms with E-state index in [2.05, 4.69) is 5.32 Å². The van der Waals surface area contributed by atoms with Gasteiger partial charge < -0.3 is 15.8 Å². The Morgan fingerprint density at radius 1 is 1.32 bits per heavy atom. The zero-order chi connectivity index (χ0) is 14.4. The Labute approximate surface area is 105 Å². The van der Waals surface area contributed by atoms with E-state index in [1.54, 1.807) is 0 Å². The van der Waals surface area contributed by atoms with Gasteiger partial charge in [0.2, 0.25) is 0 Å². The van der Waals surface area contributed by atoms with Gasteiger partial charge in [-0.05, 0) is 12.1 Å². The maximum atomic E-state index is 12.4. The molecule has 1 aromatic rings. The first-order valence-electron chi connectivity index (χ1n) is 4.80. The molecule has 104 valence electrons. The normalized spacial score (nSPS) is 15.4. The highest BCUT2D eigenvalue weighted by atomic mass is 32.2. The smallest absolute Gasteiger partial charge is 0.479 e. The molecule has 10 heteroatoms. The number of carbonyl (C=O) groups excluding carboxylic acids is 1. The van der Waals surface area contributed by atoms with Crippen molar-refractivity contribution in [3.05, 3.63) is 12.1 Å². The number of hydrogen-bond acceptors (Lipinski definition) is 5. The van der Waals surface area contributed by atoms with Gasteiger partial charge in [-0.15, -0.1) is 0 Å². The standard InChI is InChI=1S/C9H7F3N2O4S/c10-9(11,12)19(16,17)4-1-5(13)8-6(2-4)14-7(15)3-18-8/h1-2H,3,13H2,(H,14,15). The molecule has 0 radical (unpaired) electrons. The molecular formula is C9H7F3N2O4S. The SMILES string of the molecule is Nc1cc(S(=O)(=O)C(F)(F)F)cc2c1OCC(=O)N2. The van der Waals surface area contributed by atoms with E-state index in [9.17, 15) is 26.4 Å². The number of halogens is 3. The number of nitrogens with two attached hydrogens (primary N) is 1. The van der Waals surface area contributed by atoms with Crippen LogP contribution in [0.15, 0.2) is 17.0 Å². The van der Waals surface area contributed by atoms with E-state index < -0.39 is 26.1 Å². The number of hydrogen-bond donors (Lipinski definition) is 2. The molecule has 19 heavy (non-hydrogen) atoms. The lowest BCUT2D eigenvalue weighted by molar-refractivity contribution is -0.118. The van der Waals surface area contributed by atoms with Crippen LogP contribution in [0.2, 0.25) is 0 Å². The summed E-state index contributed by atoms with van der Waals surface area (Å²) in [5.74, 6) is -0.672. The average molecular weight is 296 g/mol. The van der Waals surface area contributed by atoms with Crippen molar-refractivity contribution in [1.82, 2.24) is 0 Å². The maximum Gasteiger partial charge on any atom is 0.501 e. The Hall–Kier alpha value is -1.97. The van der Waals surface area contributed by atoms with Gasteiger partial charge in [-0.25, -0.2) is 8.42 Å². The topological polar surface area (TPSA) is 98.5 Å². The molecule has 0 unspecified atom stereocenters. The van der Waals surface area contributed by atoms with Crippen molar-refractivity contribution in [3.63, 3.8) is 0 Å². The van der Waals surface area contributed by atoms with Crippen LogP contribution in [-0.4, -0.2) is 26.4 Å². The fourth-order valence-corrected chi connectivity index (χ4v) is 2.31. The van der Waals surface area contributed by atoms with Gasteiger partial charge in [-0.2, -0.15) is 13.2 Å². The predicted octanol–water partition coefficient (Wildman–Crippen LogP) is 0.893. The Morgan fingerprint density at radius 2 is 1.95 bits per heavy atom. The second-order valence-electron chi connectivity index (χ2n) is 3.68.